The number of piperidine rings is 1. The van der Waals surface area contributed by atoms with Crippen molar-refractivity contribution in [3.05, 3.63) is 35.4 Å². The molecule has 130 valence electrons. The predicted molar refractivity (Wildman–Crippen MR) is 77.1 cm³/mol. The van der Waals surface area contributed by atoms with Gasteiger partial charge in [0.1, 0.15) is 5.92 Å². The van der Waals surface area contributed by atoms with E-state index in [0.29, 0.717) is 0 Å². The van der Waals surface area contributed by atoms with Crippen molar-refractivity contribution in [1.82, 2.24) is 4.90 Å². The fourth-order valence-electron chi connectivity index (χ4n) is 2.47. The predicted octanol–water partition coefficient (Wildman–Crippen LogP) is 2.30. The molecule has 8 heteroatoms. The van der Waals surface area contributed by atoms with Crippen LogP contribution in [0.4, 0.5) is 13.2 Å². The Labute approximate surface area is 136 Å². The third kappa shape index (κ3) is 3.93. The maximum absolute atomic E-state index is 12.5. The van der Waals surface area contributed by atoms with Gasteiger partial charge in [0.05, 0.1) is 18.7 Å². The minimum Gasteiger partial charge on any atom is -0.465 e. The summed E-state index contributed by atoms with van der Waals surface area (Å²) in [5.74, 6) is -2.47. The smallest absolute Gasteiger partial charge is 0.416 e. The molecule has 0 radical (unpaired) electrons. The number of carbonyl (C=O) groups is 3. The molecule has 0 N–H and O–H groups in total. The van der Waals surface area contributed by atoms with Crippen molar-refractivity contribution in [2.45, 2.75) is 19.5 Å². The lowest BCUT2D eigenvalue weighted by atomic mass is 9.95. The minimum atomic E-state index is -4.48. The summed E-state index contributed by atoms with van der Waals surface area (Å²) in [6.45, 7) is 1.70. The molecular formula is C16H16F3NO4. The summed E-state index contributed by atoms with van der Waals surface area (Å²) in [5.41, 5.74) is -0.790. The van der Waals surface area contributed by atoms with Crippen molar-refractivity contribution in [3.63, 3.8) is 0 Å². The maximum Gasteiger partial charge on any atom is 0.416 e. The first-order valence-electron chi connectivity index (χ1n) is 7.40. The Kier molecular flexibility index (Phi) is 5.26. The summed E-state index contributed by atoms with van der Waals surface area (Å²) in [6, 6.07) is 3.79. The number of alkyl halides is 3. The van der Waals surface area contributed by atoms with Crippen molar-refractivity contribution in [2.24, 2.45) is 5.92 Å². The van der Waals surface area contributed by atoms with Gasteiger partial charge in [0, 0.05) is 12.1 Å². The molecule has 1 aliphatic heterocycles. The molecule has 0 aliphatic carbocycles. The third-order valence-corrected chi connectivity index (χ3v) is 3.74. The first-order valence-corrected chi connectivity index (χ1v) is 7.40. The molecule has 1 amide bonds. The van der Waals surface area contributed by atoms with Crippen molar-refractivity contribution in [3.8, 4) is 0 Å². The molecule has 0 spiro atoms. The van der Waals surface area contributed by atoms with Gasteiger partial charge in [-0.15, -0.1) is 0 Å². The van der Waals surface area contributed by atoms with Crippen LogP contribution in [0.15, 0.2) is 24.3 Å². The van der Waals surface area contributed by atoms with Crippen LogP contribution in [0.1, 0.15) is 29.3 Å². The zero-order chi connectivity index (χ0) is 17.9. The summed E-state index contributed by atoms with van der Waals surface area (Å²) in [6.07, 6.45) is -4.33. The number of hydrogen-bond acceptors (Lipinski definition) is 4. The molecule has 1 fully saturated rings. The highest BCUT2D eigenvalue weighted by atomic mass is 19.4. The van der Waals surface area contributed by atoms with E-state index in [1.165, 1.54) is 4.90 Å². The van der Waals surface area contributed by atoms with Gasteiger partial charge in [0.25, 0.3) is 5.91 Å². The van der Waals surface area contributed by atoms with Gasteiger partial charge in [-0.25, -0.2) is 0 Å². The average Bonchev–Trinajstić information content (AvgIpc) is 2.53. The topological polar surface area (TPSA) is 63.7 Å². The Morgan fingerprint density at radius 2 is 1.88 bits per heavy atom. The molecule has 1 unspecified atom stereocenters. The summed E-state index contributed by atoms with van der Waals surface area (Å²) < 4.78 is 42.4. The maximum atomic E-state index is 12.5. The van der Waals surface area contributed by atoms with E-state index < -0.39 is 35.3 Å². The van der Waals surface area contributed by atoms with Crippen molar-refractivity contribution in [2.75, 3.05) is 19.7 Å². The second-order valence-corrected chi connectivity index (χ2v) is 5.36. The van der Waals surface area contributed by atoms with E-state index in [1.54, 1.807) is 6.92 Å². The number of ether oxygens (including phenoxy) is 1. The number of ketones is 1. The number of esters is 1. The Morgan fingerprint density at radius 1 is 1.25 bits per heavy atom. The lowest BCUT2D eigenvalue weighted by molar-refractivity contribution is -0.153. The minimum absolute atomic E-state index is 0.0605. The van der Waals surface area contributed by atoms with E-state index in [1.807, 2.05) is 0 Å². The lowest BCUT2D eigenvalue weighted by Crippen LogP contribution is -2.46. The van der Waals surface area contributed by atoms with Gasteiger partial charge in [-0.3, -0.25) is 14.4 Å². The fourth-order valence-corrected chi connectivity index (χ4v) is 2.47. The van der Waals surface area contributed by atoms with Gasteiger partial charge in [0.15, 0.2) is 5.78 Å². The van der Waals surface area contributed by atoms with Crippen LogP contribution in [-0.2, 0) is 20.5 Å². The van der Waals surface area contributed by atoms with Crippen LogP contribution in [0.5, 0.6) is 0 Å². The normalized spacial score (nSPS) is 18.4. The molecule has 1 atom stereocenters. The molecule has 24 heavy (non-hydrogen) atoms. The summed E-state index contributed by atoms with van der Waals surface area (Å²) in [7, 11) is 0. The van der Waals surface area contributed by atoms with E-state index >= 15 is 0 Å². The first-order chi connectivity index (χ1) is 11.2. The molecule has 5 nitrogen and oxygen atoms in total. The van der Waals surface area contributed by atoms with Crippen molar-refractivity contribution < 1.29 is 32.3 Å². The average molecular weight is 343 g/mol. The van der Waals surface area contributed by atoms with E-state index in [-0.39, 0.29) is 31.7 Å². The van der Waals surface area contributed by atoms with E-state index in [2.05, 4.69) is 0 Å². The van der Waals surface area contributed by atoms with Crippen LogP contribution in [0.2, 0.25) is 0 Å². The SMILES string of the molecule is CCOC(=O)C1CCN(C(=O)c2ccc(C(F)(F)F)cc2)CC1=O. The Hall–Kier alpha value is -2.38. The van der Waals surface area contributed by atoms with Gasteiger partial charge in [-0.1, -0.05) is 0 Å². The number of amides is 1. The number of halogens is 3. The van der Waals surface area contributed by atoms with Crippen molar-refractivity contribution in [1.29, 1.82) is 0 Å². The number of benzene rings is 1. The Bertz CT molecular complexity index is 640. The molecule has 1 aliphatic rings. The summed E-state index contributed by atoms with van der Waals surface area (Å²) in [4.78, 5) is 37.1. The highest BCUT2D eigenvalue weighted by Crippen LogP contribution is 2.29. The zero-order valence-corrected chi connectivity index (χ0v) is 12.9. The number of carbonyl (C=O) groups excluding carboxylic acids is 3. The van der Waals surface area contributed by atoms with E-state index in [4.69, 9.17) is 4.74 Å². The van der Waals surface area contributed by atoms with Crippen LogP contribution in [0.25, 0.3) is 0 Å². The molecule has 1 aromatic rings. The van der Waals surface area contributed by atoms with Gasteiger partial charge in [-0.05, 0) is 37.6 Å². The quantitative estimate of drug-likeness (QED) is 0.624. The highest BCUT2D eigenvalue weighted by molar-refractivity contribution is 6.04. The Morgan fingerprint density at radius 3 is 2.38 bits per heavy atom. The lowest BCUT2D eigenvalue weighted by Gasteiger charge is -2.29. The van der Waals surface area contributed by atoms with Crippen LogP contribution in [0.3, 0.4) is 0 Å². The number of Topliss-reactive ketones (excluding diaryl/α,β-unsaturated/α-hetero) is 1. The van der Waals surface area contributed by atoms with Gasteiger partial charge in [0.2, 0.25) is 0 Å². The molecule has 1 aromatic carbocycles. The van der Waals surface area contributed by atoms with E-state index in [9.17, 15) is 27.6 Å². The van der Waals surface area contributed by atoms with Crippen LogP contribution >= 0.6 is 0 Å². The Balaban J connectivity index is 2.04. The number of rotatable bonds is 3. The molecule has 0 saturated carbocycles. The van der Waals surface area contributed by atoms with Gasteiger partial charge in [-0.2, -0.15) is 13.2 Å². The largest absolute Gasteiger partial charge is 0.465 e. The van der Waals surface area contributed by atoms with E-state index in [0.717, 1.165) is 24.3 Å². The second-order valence-electron chi connectivity index (χ2n) is 5.36. The monoisotopic (exact) mass is 343 g/mol. The molecule has 0 aromatic heterocycles. The molecule has 2 rings (SSSR count). The standard InChI is InChI=1S/C16H16F3NO4/c1-2-24-15(23)12-7-8-20(9-13(12)21)14(22)10-3-5-11(6-4-10)16(17,18)19/h3-6,12H,2,7-9H2,1H3. The highest BCUT2D eigenvalue weighted by Gasteiger charge is 2.36. The molecule has 1 saturated heterocycles. The van der Waals surface area contributed by atoms with Gasteiger partial charge >= 0.3 is 12.1 Å². The number of likely N-dealkylation sites (tertiary alicyclic amines) is 1. The number of hydrogen-bond donors (Lipinski definition) is 0. The molecule has 0 bridgehead atoms. The summed E-state index contributed by atoms with van der Waals surface area (Å²) >= 11 is 0. The fraction of sp³-hybridized carbons (Fsp3) is 0.438. The molecular weight excluding hydrogens is 327 g/mol. The van der Waals surface area contributed by atoms with Crippen molar-refractivity contribution >= 4 is 17.7 Å². The van der Waals surface area contributed by atoms with Gasteiger partial charge < -0.3 is 9.64 Å². The third-order valence-electron chi connectivity index (χ3n) is 3.74. The van der Waals surface area contributed by atoms with Crippen LogP contribution in [0, 0.1) is 5.92 Å². The number of nitrogens with zero attached hydrogens (tertiary/aromatic N) is 1. The van der Waals surface area contributed by atoms with Crippen LogP contribution < -0.4 is 0 Å². The molecule has 1 heterocycles. The second kappa shape index (κ2) is 7.02. The van der Waals surface area contributed by atoms with Crippen LogP contribution in [-0.4, -0.2) is 42.3 Å². The zero-order valence-electron chi connectivity index (χ0n) is 12.9. The first kappa shape index (κ1) is 18.0. The summed E-state index contributed by atoms with van der Waals surface area (Å²) in [5, 5.41) is 0.